The van der Waals surface area contributed by atoms with Crippen LogP contribution in [0.4, 0.5) is 5.69 Å². The van der Waals surface area contributed by atoms with Gasteiger partial charge in [-0.3, -0.25) is 0 Å². The summed E-state index contributed by atoms with van der Waals surface area (Å²) >= 11 is 3.39. The molecule has 0 aromatic heterocycles. The number of nitrogens with one attached hydrogen (secondary N) is 1. The highest BCUT2D eigenvalue weighted by Crippen LogP contribution is 2.17. The summed E-state index contributed by atoms with van der Waals surface area (Å²) in [5.41, 5.74) is 1.93. The maximum absolute atomic E-state index is 11.5. The second-order valence-electron chi connectivity index (χ2n) is 4.28. The Hall–Kier alpha value is -1.33. The lowest BCUT2D eigenvalue weighted by molar-refractivity contribution is 0.602. The Morgan fingerprint density at radius 2 is 1.79 bits per heavy atom. The summed E-state index contributed by atoms with van der Waals surface area (Å²) in [5, 5.41) is 3.21. The zero-order chi connectivity index (χ0) is 13.9. The molecular weight excluding hydrogens is 326 g/mol. The van der Waals surface area contributed by atoms with Crippen molar-refractivity contribution in [1.29, 1.82) is 0 Å². The molecule has 0 fully saturated rings. The predicted molar refractivity (Wildman–Crippen MR) is 81.0 cm³/mol. The van der Waals surface area contributed by atoms with Gasteiger partial charge in [-0.15, -0.1) is 0 Å². The molecule has 2 aromatic rings. The molecule has 19 heavy (non-hydrogen) atoms. The summed E-state index contributed by atoms with van der Waals surface area (Å²) in [6.45, 7) is 0.653. The summed E-state index contributed by atoms with van der Waals surface area (Å²) in [7, 11) is -3.16. The van der Waals surface area contributed by atoms with E-state index in [4.69, 9.17) is 0 Å². The van der Waals surface area contributed by atoms with Gasteiger partial charge in [0.25, 0.3) is 0 Å². The van der Waals surface area contributed by atoms with E-state index in [1.165, 1.54) is 6.26 Å². The van der Waals surface area contributed by atoms with Crippen molar-refractivity contribution in [1.82, 2.24) is 0 Å². The number of hydrogen-bond donors (Lipinski definition) is 1. The van der Waals surface area contributed by atoms with Crippen molar-refractivity contribution in [2.75, 3.05) is 11.6 Å². The second-order valence-corrected chi connectivity index (χ2v) is 7.21. The third-order valence-corrected chi connectivity index (χ3v) is 4.31. The standard InChI is InChI=1S/C14H14BrNO2S/c1-19(17,18)14-4-2-3-13(9-14)16-10-11-5-7-12(15)8-6-11/h2-9,16H,10H2,1H3. The number of rotatable bonds is 4. The van der Waals surface area contributed by atoms with Crippen molar-refractivity contribution in [2.24, 2.45) is 0 Å². The Morgan fingerprint density at radius 1 is 1.11 bits per heavy atom. The van der Waals surface area contributed by atoms with Gasteiger partial charge < -0.3 is 5.32 Å². The lowest BCUT2D eigenvalue weighted by Crippen LogP contribution is -2.02. The Labute approximate surface area is 121 Å². The summed E-state index contributed by atoms with van der Waals surface area (Å²) in [6.07, 6.45) is 1.21. The topological polar surface area (TPSA) is 46.2 Å². The van der Waals surface area contributed by atoms with Gasteiger partial charge in [-0.2, -0.15) is 0 Å². The molecule has 3 nitrogen and oxygen atoms in total. The molecule has 0 saturated carbocycles. The van der Waals surface area contributed by atoms with Crippen LogP contribution in [-0.4, -0.2) is 14.7 Å². The van der Waals surface area contributed by atoms with Crippen LogP contribution in [0.2, 0.25) is 0 Å². The zero-order valence-corrected chi connectivity index (χ0v) is 12.8. The van der Waals surface area contributed by atoms with Crippen LogP contribution in [0.1, 0.15) is 5.56 Å². The number of benzene rings is 2. The van der Waals surface area contributed by atoms with Crippen LogP contribution >= 0.6 is 15.9 Å². The molecule has 0 atom stereocenters. The number of anilines is 1. The van der Waals surface area contributed by atoms with Crippen molar-refractivity contribution in [3.63, 3.8) is 0 Å². The first kappa shape index (κ1) is 14.1. The minimum Gasteiger partial charge on any atom is -0.381 e. The molecule has 0 unspecified atom stereocenters. The minimum atomic E-state index is -3.16. The molecule has 2 aromatic carbocycles. The van der Waals surface area contributed by atoms with Crippen LogP contribution < -0.4 is 5.32 Å². The molecule has 0 saturated heterocycles. The smallest absolute Gasteiger partial charge is 0.175 e. The Balaban J connectivity index is 2.10. The maximum Gasteiger partial charge on any atom is 0.175 e. The Bertz CT molecular complexity index is 666. The van der Waals surface area contributed by atoms with Crippen molar-refractivity contribution < 1.29 is 8.42 Å². The number of hydrogen-bond acceptors (Lipinski definition) is 3. The van der Waals surface area contributed by atoms with E-state index >= 15 is 0 Å². The van der Waals surface area contributed by atoms with Gasteiger partial charge in [0.15, 0.2) is 9.84 Å². The summed E-state index contributed by atoms with van der Waals surface area (Å²) in [4.78, 5) is 0.327. The molecule has 0 spiro atoms. The first-order chi connectivity index (χ1) is 8.95. The molecular formula is C14H14BrNO2S. The average Bonchev–Trinajstić information content (AvgIpc) is 2.37. The molecule has 1 N–H and O–H groups in total. The summed E-state index contributed by atoms with van der Waals surface area (Å²) in [6, 6.07) is 14.8. The van der Waals surface area contributed by atoms with E-state index in [-0.39, 0.29) is 0 Å². The number of sulfone groups is 1. The molecule has 0 bridgehead atoms. The first-order valence-corrected chi connectivity index (χ1v) is 8.42. The quantitative estimate of drug-likeness (QED) is 0.927. The monoisotopic (exact) mass is 339 g/mol. The van der Waals surface area contributed by atoms with Crippen LogP contribution in [0.3, 0.4) is 0 Å². The van der Waals surface area contributed by atoms with Gasteiger partial charge in [-0.25, -0.2) is 8.42 Å². The third kappa shape index (κ3) is 4.08. The maximum atomic E-state index is 11.5. The largest absolute Gasteiger partial charge is 0.381 e. The fourth-order valence-corrected chi connectivity index (χ4v) is 2.57. The van der Waals surface area contributed by atoms with Gasteiger partial charge in [0.1, 0.15) is 0 Å². The normalized spacial score (nSPS) is 11.3. The second kappa shape index (κ2) is 5.75. The molecule has 0 aliphatic rings. The van der Waals surface area contributed by atoms with Crippen LogP contribution in [0.5, 0.6) is 0 Å². The van der Waals surface area contributed by atoms with E-state index in [9.17, 15) is 8.42 Å². The predicted octanol–water partition coefficient (Wildman–Crippen LogP) is 3.46. The third-order valence-electron chi connectivity index (χ3n) is 2.67. The molecule has 0 heterocycles. The highest BCUT2D eigenvalue weighted by atomic mass is 79.9. The summed E-state index contributed by atoms with van der Waals surface area (Å²) in [5.74, 6) is 0. The van der Waals surface area contributed by atoms with Gasteiger partial charge in [-0.1, -0.05) is 34.1 Å². The van der Waals surface area contributed by atoms with Gasteiger partial charge in [0, 0.05) is 23.0 Å². The average molecular weight is 340 g/mol. The molecule has 0 aliphatic heterocycles. The van der Waals surface area contributed by atoms with Crippen molar-refractivity contribution >= 4 is 31.5 Å². The van der Waals surface area contributed by atoms with Gasteiger partial charge >= 0.3 is 0 Å². The molecule has 5 heteroatoms. The highest BCUT2D eigenvalue weighted by molar-refractivity contribution is 9.10. The lowest BCUT2D eigenvalue weighted by atomic mass is 10.2. The Morgan fingerprint density at radius 3 is 2.42 bits per heavy atom. The van der Waals surface area contributed by atoms with Crippen molar-refractivity contribution in [3.05, 3.63) is 58.6 Å². The number of halogens is 1. The highest BCUT2D eigenvalue weighted by Gasteiger charge is 2.06. The van der Waals surface area contributed by atoms with Crippen LogP contribution in [0.15, 0.2) is 57.9 Å². The van der Waals surface area contributed by atoms with E-state index in [2.05, 4.69) is 21.2 Å². The fraction of sp³-hybridized carbons (Fsp3) is 0.143. The van der Waals surface area contributed by atoms with E-state index in [0.29, 0.717) is 11.4 Å². The van der Waals surface area contributed by atoms with E-state index in [0.717, 1.165) is 15.7 Å². The van der Waals surface area contributed by atoms with Crippen LogP contribution in [0, 0.1) is 0 Å². The SMILES string of the molecule is CS(=O)(=O)c1cccc(NCc2ccc(Br)cc2)c1. The molecule has 0 aliphatic carbocycles. The van der Waals surface area contributed by atoms with E-state index in [1.807, 2.05) is 30.3 Å². The summed E-state index contributed by atoms with van der Waals surface area (Å²) < 4.78 is 24.0. The van der Waals surface area contributed by atoms with Crippen LogP contribution in [0.25, 0.3) is 0 Å². The molecule has 0 radical (unpaired) electrons. The lowest BCUT2D eigenvalue weighted by Gasteiger charge is -2.08. The minimum absolute atomic E-state index is 0.327. The molecule has 100 valence electrons. The van der Waals surface area contributed by atoms with Crippen molar-refractivity contribution in [3.8, 4) is 0 Å². The van der Waals surface area contributed by atoms with Crippen LogP contribution in [-0.2, 0) is 16.4 Å². The Kier molecular flexibility index (Phi) is 4.27. The first-order valence-electron chi connectivity index (χ1n) is 5.73. The van der Waals surface area contributed by atoms with Gasteiger partial charge in [-0.05, 0) is 35.9 Å². The van der Waals surface area contributed by atoms with E-state index in [1.54, 1.807) is 18.2 Å². The van der Waals surface area contributed by atoms with Gasteiger partial charge in [0.2, 0.25) is 0 Å². The fourth-order valence-electron chi connectivity index (χ4n) is 1.64. The van der Waals surface area contributed by atoms with Crippen molar-refractivity contribution in [2.45, 2.75) is 11.4 Å². The molecule has 0 amide bonds. The zero-order valence-electron chi connectivity index (χ0n) is 10.4. The van der Waals surface area contributed by atoms with E-state index < -0.39 is 9.84 Å². The molecule has 2 rings (SSSR count). The van der Waals surface area contributed by atoms with Gasteiger partial charge in [0.05, 0.1) is 4.90 Å².